The van der Waals surface area contributed by atoms with Gasteiger partial charge in [-0.05, 0) is 17.5 Å². The molecule has 4 heteroatoms. The zero-order valence-electron chi connectivity index (χ0n) is 12.2. The van der Waals surface area contributed by atoms with E-state index in [1.165, 1.54) is 17.5 Å². The van der Waals surface area contributed by atoms with E-state index in [2.05, 4.69) is 34.7 Å². The molecule has 1 aromatic rings. The van der Waals surface area contributed by atoms with Crippen molar-refractivity contribution in [3.63, 3.8) is 0 Å². The molecular formula is C15H25N3O. The van der Waals surface area contributed by atoms with Crippen molar-refractivity contribution >= 4 is 5.96 Å². The lowest BCUT2D eigenvalue weighted by atomic mass is 10.1. The van der Waals surface area contributed by atoms with E-state index in [-0.39, 0.29) is 0 Å². The minimum atomic E-state index is 0.639. The number of aliphatic imine (C=N–C) groups is 1. The lowest BCUT2D eigenvalue weighted by Crippen LogP contribution is -2.37. The van der Waals surface area contributed by atoms with Gasteiger partial charge < -0.3 is 15.4 Å². The Morgan fingerprint density at radius 3 is 2.58 bits per heavy atom. The summed E-state index contributed by atoms with van der Waals surface area (Å²) >= 11 is 0. The predicted octanol–water partition coefficient (Wildman–Crippen LogP) is 2.30. The van der Waals surface area contributed by atoms with Crippen molar-refractivity contribution in [1.29, 1.82) is 0 Å². The van der Waals surface area contributed by atoms with Crippen molar-refractivity contribution in [2.24, 2.45) is 4.99 Å². The fraction of sp³-hybridized carbons (Fsp3) is 0.533. The first-order valence-corrected chi connectivity index (χ1v) is 6.82. The van der Waals surface area contributed by atoms with Crippen LogP contribution in [0.1, 0.15) is 30.9 Å². The van der Waals surface area contributed by atoms with Crippen LogP contribution in [0.5, 0.6) is 0 Å². The Kier molecular flexibility index (Phi) is 7.66. The molecule has 0 aliphatic carbocycles. The normalized spacial score (nSPS) is 11.4. The zero-order valence-corrected chi connectivity index (χ0v) is 12.2. The monoisotopic (exact) mass is 263 g/mol. The summed E-state index contributed by atoms with van der Waals surface area (Å²) in [7, 11) is 3.51. The summed E-state index contributed by atoms with van der Waals surface area (Å²) < 4.78 is 5.21. The molecule has 106 valence electrons. The molecule has 0 bridgehead atoms. The van der Waals surface area contributed by atoms with E-state index in [0.717, 1.165) is 25.5 Å². The molecule has 1 rings (SSSR count). The molecule has 0 heterocycles. The van der Waals surface area contributed by atoms with E-state index in [4.69, 9.17) is 4.74 Å². The highest BCUT2D eigenvalue weighted by atomic mass is 16.5. The van der Waals surface area contributed by atoms with Crippen LogP contribution >= 0.6 is 0 Å². The lowest BCUT2D eigenvalue weighted by molar-refractivity contribution is 0.184. The van der Waals surface area contributed by atoms with Gasteiger partial charge in [0.1, 0.15) is 0 Å². The fourth-order valence-electron chi connectivity index (χ4n) is 1.81. The van der Waals surface area contributed by atoms with Gasteiger partial charge in [0.25, 0.3) is 0 Å². The average Bonchev–Trinajstić information content (AvgIpc) is 2.44. The molecule has 0 atom stereocenters. The van der Waals surface area contributed by atoms with E-state index in [1.807, 2.05) is 12.1 Å². The highest BCUT2D eigenvalue weighted by Gasteiger charge is 2.02. The zero-order chi connectivity index (χ0) is 13.9. The van der Waals surface area contributed by atoms with Crippen molar-refractivity contribution in [2.75, 3.05) is 20.7 Å². The molecule has 4 nitrogen and oxygen atoms in total. The first kappa shape index (κ1) is 15.5. The van der Waals surface area contributed by atoms with Crippen LogP contribution in [0.15, 0.2) is 29.3 Å². The van der Waals surface area contributed by atoms with Crippen molar-refractivity contribution in [3.05, 3.63) is 35.4 Å². The summed E-state index contributed by atoms with van der Waals surface area (Å²) in [5.74, 6) is 0.848. The van der Waals surface area contributed by atoms with Crippen LogP contribution < -0.4 is 10.6 Å². The molecule has 2 N–H and O–H groups in total. The molecule has 0 saturated heterocycles. The molecule has 1 aromatic carbocycles. The Morgan fingerprint density at radius 1 is 1.21 bits per heavy atom. The molecule has 0 aliphatic rings. The van der Waals surface area contributed by atoms with Crippen LogP contribution in [-0.2, 0) is 17.9 Å². The largest absolute Gasteiger partial charge is 0.380 e. The topological polar surface area (TPSA) is 45.7 Å². The van der Waals surface area contributed by atoms with E-state index < -0.39 is 0 Å². The van der Waals surface area contributed by atoms with Gasteiger partial charge in [0.05, 0.1) is 6.61 Å². The first-order valence-electron chi connectivity index (χ1n) is 6.82. The number of guanidine groups is 1. The van der Waals surface area contributed by atoms with Gasteiger partial charge in [-0.15, -0.1) is 0 Å². The molecule has 19 heavy (non-hydrogen) atoms. The third-order valence-electron chi connectivity index (χ3n) is 2.91. The molecular weight excluding hydrogens is 238 g/mol. The number of methoxy groups -OCH3 is 1. The smallest absolute Gasteiger partial charge is 0.191 e. The van der Waals surface area contributed by atoms with Crippen LogP contribution in [0.25, 0.3) is 0 Å². The standard InChI is InChI=1S/C15H25N3O/c1-4-5-10-17-15(16-2)18-11-13-8-6-7-9-14(13)12-19-3/h6-9H,4-5,10-12H2,1-3H3,(H2,16,17,18). The number of hydrogen-bond acceptors (Lipinski definition) is 2. The Bertz CT molecular complexity index is 391. The van der Waals surface area contributed by atoms with Crippen molar-refractivity contribution in [1.82, 2.24) is 10.6 Å². The minimum Gasteiger partial charge on any atom is -0.380 e. The van der Waals surface area contributed by atoms with E-state index in [0.29, 0.717) is 6.61 Å². The van der Waals surface area contributed by atoms with Crippen molar-refractivity contribution < 1.29 is 4.74 Å². The maximum atomic E-state index is 5.21. The molecule has 0 fully saturated rings. The number of nitrogens with zero attached hydrogens (tertiary/aromatic N) is 1. The maximum absolute atomic E-state index is 5.21. The number of ether oxygens (including phenoxy) is 1. The van der Waals surface area contributed by atoms with Crippen molar-refractivity contribution in [2.45, 2.75) is 32.9 Å². The Balaban J connectivity index is 2.50. The Labute approximate surface area is 116 Å². The highest BCUT2D eigenvalue weighted by molar-refractivity contribution is 5.79. The van der Waals surface area contributed by atoms with E-state index in [1.54, 1.807) is 14.2 Å². The second-order valence-corrected chi connectivity index (χ2v) is 4.41. The summed E-state index contributed by atoms with van der Waals surface area (Å²) in [5.41, 5.74) is 2.45. The quantitative estimate of drug-likeness (QED) is 0.451. The van der Waals surface area contributed by atoms with Gasteiger partial charge in [0, 0.05) is 27.2 Å². The van der Waals surface area contributed by atoms with Crippen LogP contribution in [0.3, 0.4) is 0 Å². The number of nitrogens with one attached hydrogen (secondary N) is 2. The van der Waals surface area contributed by atoms with Gasteiger partial charge in [0.15, 0.2) is 5.96 Å². The third-order valence-corrected chi connectivity index (χ3v) is 2.91. The summed E-state index contributed by atoms with van der Waals surface area (Å²) in [4.78, 5) is 4.21. The number of rotatable bonds is 7. The molecule has 0 spiro atoms. The van der Waals surface area contributed by atoms with Crippen LogP contribution in [0, 0.1) is 0 Å². The number of benzene rings is 1. The van der Waals surface area contributed by atoms with Crippen LogP contribution in [0.2, 0.25) is 0 Å². The Hall–Kier alpha value is -1.55. The van der Waals surface area contributed by atoms with Gasteiger partial charge >= 0.3 is 0 Å². The van der Waals surface area contributed by atoms with Crippen molar-refractivity contribution in [3.8, 4) is 0 Å². The number of unbranched alkanes of at least 4 members (excludes halogenated alkanes) is 1. The number of hydrogen-bond donors (Lipinski definition) is 2. The molecule has 0 aromatic heterocycles. The maximum Gasteiger partial charge on any atom is 0.191 e. The second kappa shape index (κ2) is 9.39. The van der Waals surface area contributed by atoms with Gasteiger partial charge in [-0.25, -0.2) is 0 Å². The van der Waals surface area contributed by atoms with E-state index >= 15 is 0 Å². The molecule has 0 aliphatic heterocycles. The highest BCUT2D eigenvalue weighted by Crippen LogP contribution is 2.09. The predicted molar refractivity (Wildman–Crippen MR) is 80.3 cm³/mol. The molecule has 0 amide bonds. The SMILES string of the molecule is CCCCNC(=NC)NCc1ccccc1COC. The average molecular weight is 263 g/mol. The van der Waals surface area contributed by atoms with Gasteiger partial charge in [-0.3, -0.25) is 4.99 Å². The molecule has 0 saturated carbocycles. The van der Waals surface area contributed by atoms with Gasteiger partial charge in [0.2, 0.25) is 0 Å². The lowest BCUT2D eigenvalue weighted by Gasteiger charge is -2.13. The van der Waals surface area contributed by atoms with Crippen LogP contribution in [-0.4, -0.2) is 26.7 Å². The first-order chi connectivity index (χ1) is 9.31. The summed E-state index contributed by atoms with van der Waals surface area (Å²) in [6.07, 6.45) is 2.33. The molecule has 0 unspecified atom stereocenters. The Morgan fingerprint density at radius 2 is 1.95 bits per heavy atom. The summed E-state index contributed by atoms with van der Waals surface area (Å²) in [6, 6.07) is 8.28. The van der Waals surface area contributed by atoms with Gasteiger partial charge in [-0.1, -0.05) is 37.6 Å². The minimum absolute atomic E-state index is 0.639. The van der Waals surface area contributed by atoms with Gasteiger partial charge in [-0.2, -0.15) is 0 Å². The summed E-state index contributed by atoms with van der Waals surface area (Å²) in [5, 5.41) is 6.63. The van der Waals surface area contributed by atoms with E-state index in [9.17, 15) is 0 Å². The van der Waals surface area contributed by atoms with Crippen LogP contribution in [0.4, 0.5) is 0 Å². The summed E-state index contributed by atoms with van der Waals surface area (Å²) in [6.45, 7) is 4.53. The third kappa shape index (κ3) is 5.75. The molecule has 0 radical (unpaired) electrons. The fourth-order valence-corrected chi connectivity index (χ4v) is 1.81. The second-order valence-electron chi connectivity index (χ2n) is 4.41.